The van der Waals surface area contributed by atoms with Crippen LogP contribution in [0.2, 0.25) is 0 Å². The van der Waals surface area contributed by atoms with Crippen LogP contribution in [0.3, 0.4) is 0 Å². The van der Waals surface area contributed by atoms with E-state index in [-0.39, 0.29) is 10.6 Å². The van der Waals surface area contributed by atoms with Crippen LogP contribution in [-0.4, -0.2) is 14.7 Å². The Bertz CT molecular complexity index is 557. The fraction of sp³-hybridized carbons (Fsp3) is 0.364. The van der Waals surface area contributed by atoms with Crippen LogP contribution in [-0.2, 0) is 6.54 Å². The highest BCUT2D eigenvalue weighted by molar-refractivity contribution is 5.81. The first-order valence-corrected chi connectivity index (χ1v) is 5.34. The highest BCUT2D eigenvalue weighted by Gasteiger charge is 2.22. The minimum Gasteiger partial charge on any atom is -0.265 e. The van der Waals surface area contributed by atoms with Crippen molar-refractivity contribution in [3.8, 4) is 0 Å². The van der Waals surface area contributed by atoms with E-state index in [0.29, 0.717) is 0 Å². The number of hydrogen-bond donors (Lipinski definition) is 0. The van der Waals surface area contributed by atoms with Crippen molar-refractivity contribution in [3.05, 3.63) is 34.5 Å². The number of aromatic nitrogens is 2. The van der Waals surface area contributed by atoms with Gasteiger partial charge in [0.05, 0.1) is 16.6 Å². The van der Waals surface area contributed by atoms with Crippen molar-refractivity contribution in [2.75, 3.05) is 0 Å². The summed E-state index contributed by atoms with van der Waals surface area (Å²) in [4.78, 5) is 10.2. The molecular formula is C11H11N3O2. The average Bonchev–Trinajstić information content (AvgIpc) is 2.99. The lowest BCUT2D eigenvalue weighted by molar-refractivity contribution is -0.384. The second-order valence-electron chi connectivity index (χ2n) is 4.27. The molecule has 0 atom stereocenters. The maximum absolute atomic E-state index is 10.6. The highest BCUT2D eigenvalue weighted by atomic mass is 16.6. The van der Waals surface area contributed by atoms with Crippen LogP contribution < -0.4 is 0 Å². The first-order valence-electron chi connectivity index (χ1n) is 5.34. The molecule has 16 heavy (non-hydrogen) atoms. The number of benzene rings is 1. The molecule has 0 aliphatic heterocycles. The van der Waals surface area contributed by atoms with E-state index in [1.165, 1.54) is 18.9 Å². The van der Waals surface area contributed by atoms with E-state index in [2.05, 4.69) is 5.10 Å². The fourth-order valence-electron chi connectivity index (χ4n) is 1.88. The number of non-ortho nitro benzene ring substituents is 1. The SMILES string of the molecule is O=[N+]([O-])c1ccc2c(cnn2CC2CC2)c1. The molecule has 1 aliphatic rings. The van der Waals surface area contributed by atoms with Crippen LogP contribution in [0.25, 0.3) is 10.9 Å². The van der Waals surface area contributed by atoms with Gasteiger partial charge in [-0.15, -0.1) is 0 Å². The topological polar surface area (TPSA) is 61.0 Å². The van der Waals surface area contributed by atoms with Gasteiger partial charge < -0.3 is 0 Å². The van der Waals surface area contributed by atoms with E-state index in [9.17, 15) is 10.1 Å². The second-order valence-corrected chi connectivity index (χ2v) is 4.27. The third-order valence-corrected chi connectivity index (χ3v) is 2.96. The van der Waals surface area contributed by atoms with Crippen LogP contribution in [0.4, 0.5) is 5.69 Å². The largest absolute Gasteiger partial charge is 0.270 e. The normalized spacial score (nSPS) is 15.5. The lowest BCUT2D eigenvalue weighted by Gasteiger charge is -2.00. The molecule has 0 radical (unpaired) electrons. The minimum absolute atomic E-state index is 0.124. The zero-order valence-corrected chi connectivity index (χ0v) is 8.67. The molecule has 5 heteroatoms. The zero-order chi connectivity index (χ0) is 11.1. The smallest absolute Gasteiger partial charge is 0.265 e. The molecule has 1 heterocycles. The Morgan fingerprint density at radius 2 is 2.31 bits per heavy atom. The Hall–Kier alpha value is -1.91. The first kappa shape index (κ1) is 9.33. The van der Waals surface area contributed by atoms with E-state index >= 15 is 0 Å². The summed E-state index contributed by atoms with van der Waals surface area (Å²) in [5.74, 6) is 0.748. The minimum atomic E-state index is -0.377. The van der Waals surface area contributed by atoms with Gasteiger partial charge in [-0.3, -0.25) is 14.8 Å². The van der Waals surface area contributed by atoms with Gasteiger partial charge >= 0.3 is 0 Å². The van der Waals surface area contributed by atoms with Crippen molar-refractivity contribution in [1.82, 2.24) is 9.78 Å². The molecule has 1 aliphatic carbocycles. The molecule has 1 saturated carbocycles. The van der Waals surface area contributed by atoms with Crippen LogP contribution in [0.1, 0.15) is 12.8 Å². The van der Waals surface area contributed by atoms with Gasteiger partial charge in [-0.1, -0.05) is 0 Å². The van der Waals surface area contributed by atoms with Crippen molar-refractivity contribution in [2.24, 2.45) is 5.92 Å². The Balaban J connectivity index is 2.02. The molecule has 3 rings (SSSR count). The van der Waals surface area contributed by atoms with Gasteiger partial charge in [-0.2, -0.15) is 5.10 Å². The van der Waals surface area contributed by atoms with E-state index in [4.69, 9.17) is 0 Å². The molecule has 5 nitrogen and oxygen atoms in total. The maximum Gasteiger partial charge on any atom is 0.270 e. The lowest BCUT2D eigenvalue weighted by atomic mass is 10.2. The molecule has 0 unspecified atom stereocenters. The molecule has 0 N–H and O–H groups in total. The molecular weight excluding hydrogens is 206 g/mol. The number of rotatable bonds is 3. The third kappa shape index (κ3) is 1.54. The van der Waals surface area contributed by atoms with Crippen molar-refractivity contribution < 1.29 is 4.92 Å². The molecule has 1 aromatic carbocycles. The molecule has 0 amide bonds. The summed E-state index contributed by atoms with van der Waals surface area (Å²) < 4.78 is 1.94. The average molecular weight is 217 g/mol. The van der Waals surface area contributed by atoms with Crippen molar-refractivity contribution in [3.63, 3.8) is 0 Å². The monoisotopic (exact) mass is 217 g/mol. The van der Waals surface area contributed by atoms with E-state index in [1.807, 2.05) is 4.68 Å². The van der Waals surface area contributed by atoms with Crippen LogP contribution in [0.5, 0.6) is 0 Å². The summed E-state index contributed by atoms with van der Waals surface area (Å²) in [7, 11) is 0. The Morgan fingerprint density at radius 3 is 3.00 bits per heavy atom. The summed E-state index contributed by atoms with van der Waals surface area (Å²) in [6.45, 7) is 0.932. The number of hydrogen-bond acceptors (Lipinski definition) is 3. The standard InChI is InChI=1S/C11H11N3O2/c15-14(16)10-3-4-11-9(5-10)6-12-13(11)7-8-1-2-8/h3-6,8H,1-2,7H2. The van der Waals surface area contributed by atoms with E-state index in [1.54, 1.807) is 18.3 Å². The molecule has 0 bridgehead atoms. The molecule has 1 aromatic heterocycles. The summed E-state index contributed by atoms with van der Waals surface area (Å²) in [6, 6.07) is 4.89. The van der Waals surface area contributed by atoms with Crippen LogP contribution >= 0.6 is 0 Å². The van der Waals surface area contributed by atoms with E-state index < -0.39 is 0 Å². The molecule has 0 saturated heterocycles. The van der Waals surface area contributed by atoms with E-state index in [0.717, 1.165) is 23.4 Å². The van der Waals surface area contributed by atoms with Crippen molar-refractivity contribution in [2.45, 2.75) is 19.4 Å². The molecule has 0 spiro atoms. The lowest BCUT2D eigenvalue weighted by Crippen LogP contribution is -2.00. The van der Waals surface area contributed by atoms with Crippen molar-refractivity contribution >= 4 is 16.6 Å². The zero-order valence-electron chi connectivity index (χ0n) is 8.67. The quantitative estimate of drug-likeness (QED) is 0.585. The predicted molar refractivity (Wildman–Crippen MR) is 59.1 cm³/mol. The van der Waals surface area contributed by atoms with Gasteiger partial charge in [-0.25, -0.2) is 0 Å². The van der Waals surface area contributed by atoms with Crippen molar-refractivity contribution in [1.29, 1.82) is 0 Å². The third-order valence-electron chi connectivity index (χ3n) is 2.96. The second kappa shape index (κ2) is 3.30. The molecule has 2 aromatic rings. The van der Waals surface area contributed by atoms with Gasteiger partial charge in [-0.05, 0) is 24.8 Å². The van der Waals surface area contributed by atoms with Gasteiger partial charge in [0.1, 0.15) is 0 Å². The summed E-state index contributed by atoms with van der Waals surface area (Å²) >= 11 is 0. The Morgan fingerprint density at radius 1 is 1.50 bits per heavy atom. The number of fused-ring (bicyclic) bond motifs is 1. The Labute approximate surface area is 91.8 Å². The maximum atomic E-state index is 10.6. The molecule has 1 fully saturated rings. The van der Waals surface area contributed by atoms with Gasteiger partial charge in [0, 0.05) is 24.1 Å². The van der Waals surface area contributed by atoms with Crippen LogP contribution in [0, 0.1) is 16.0 Å². The highest BCUT2D eigenvalue weighted by Crippen LogP contribution is 2.31. The van der Waals surface area contributed by atoms with Crippen LogP contribution in [0.15, 0.2) is 24.4 Å². The van der Waals surface area contributed by atoms with Gasteiger partial charge in [0.15, 0.2) is 0 Å². The number of nitrogens with zero attached hydrogens (tertiary/aromatic N) is 3. The summed E-state index contributed by atoms with van der Waals surface area (Å²) in [5, 5.41) is 15.7. The fourth-order valence-corrected chi connectivity index (χ4v) is 1.88. The molecule has 82 valence electrons. The predicted octanol–water partition coefficient (Wildman–Crippen LogP) is 2.35. The number of nitro benzene ring substituents is 1. The van der Waals surface area contributed by atoms with Gasteiger partial charge in [0.2, 0.25) is 0 Å². The Kier molecular flexibility index (Phi) is 1.92. The first-order chi connectivity index (χ1) is 7.74. The van der Waals surface area contributed by atoms with Gasteiger partial charge in [0.25, 0.3) is 5.69 Å². The summed E-state index contributed by atoms with van der Waals surface area (Å²) in [6.07, 6.45) is 4.24. The number of nitro groups is 1. The summed E-state index contributed by atoms with van der Waals surface area (Å²) in [5.41, 5.74) is 1.11.